The van der Waals surface area contributed by atoms with Gasteiger partial charge in [0.05, 0.1) is 0 Å². The predicted octanol–water partition coefficient (Wildman–Crippen LogP) is 2.93. The second-order valence-electron chi connectivity index (χ2n) is 4.40. The molecule has 1 N–H and O–H groups in total. The SMILES string of the molecule is CC(c1ccccc1F)C1CCNCC1. The van der Waals surface area contributed by atoms with Crippen LogP contribution in [0.3, 0.4) is 0 Å². The fourth-order valence-electron chi connectivity index (χ4n) is 2.44. The first-order chi connectivity index (χ1) is 7.29. The highest BCUT2D eigenvalue weighted by Crippen LogP contribution is 2.31. The van der Waals surface area contributed by atoms with Gasteiger partial charge in [-0.25, -0.2) is 4.39 Å². The molecule has 1 nitrogen and oxygen atoms in total. The molecule has 0 radical (unpaired) electrons. The van der Waals surface area contributed by atoms with E-state index < -0.39 is 0 Å². The number of hydrogen-bond acceptors (Lipinski definition) is 1. The van der Waals surface area contributed by atoms with E-state index in [1.807, 2.05) is 12.1 Å². The van der Waals surface area contributed by atoms with Gasteiger partial charge in [-0.1, -0.05) is 25.1 Å². The third-order valence-corrected chi connectivity index (χ3v) is 3.49. The first-order valence-electron chi connectivity index (χ1n) is 5.74. The van der Waals surface area contributed by atoms with E-state index in [9.17, 15) is 4.39 Å². The third kappa shape index (κ3) is 2.37. The minimum absolute atomic E-state index is 0.0523. The van der Waals surface area contributed by atoms with Crippen LogP contribution in [-0.2, 0) is 0 Å². The van der Waals surface area contributed by atoms with Crippen molar-refractivity contribution in [2.75, 3.05) is 13.1 Å². The molecular formula is C13H18FN. The average Bonchev–Trinajstić information content (AvgIpc) is 2.30. The highest BCUT2D eigenvalue weighted by Gasteiger charge is 2.22. The first kappa shape index (κ1) is 10.6. The molecule has 1 heterocycles. The van der Waals surface area contributed by atoms with Crippen LogP contribution in [0.1, 0.15) is 31.2 Å². The lowest BCUT2D eigenvalue weighted by Crippen LogP contribution is -2.30. The number of hydrogen-bond donors (Lipinski definition) is 1. The van der Waals surface area contributed by atoms with Gasteiger partial charge in [0.15, 0.2) is 0 Å². The van der Waals surface area contributed by atoms with Crippen LogP contribution in [0, 0.1) is 11.7 Å². The molecule has 1 atom stereocenters. The van der Waals surface area contributed by atoms with Gasteiger partial charge in [0.25, 0.3) is 0 Å². The van der Waals surface area contributed by atoms with Crippen molar-refractivity contribution in [2.45, 2.75) is 25.7 Å². The summed E-state index contributed by atoms with van der Waals surface area (Å²) in [5.74, 6) is 0.917. The molecule has 0 aliphatic carbocycles. The molecular weight excluding hydrogens is 189 g/mol. The largest absolute Gasteiger partial charge is 0.317 e. The lowest BCUT2D eigenvalue weighted by Gasteiger charge is -2.28. The zero-order valence-corrected chi connectivity index (χ0v) is 9.17. The molecule has 0 bridgehead atoms. The van der Waals surface area contributed by atoms with E-state index in [4.69, 9.17) is 0 Å². The fraction of sp³-hybridized carbons (Fsp3) is 0.538. The molecule has 2 rings (SSSR count). The molecule has 1 unspecified atom stereocenters. The predicted molar refractivity (Wildman–Crippen MR) is 60.4 cm³/mol. The van der Waals surface area contributed by atoms with Gasteiger partial charge in [-0.15, -0.1) is 0 Å². The standard InChI is InChI=1S/C13H18FN/c1-10(11-6-8-15-9-7-11)12-4-2-3-5-13(12)14/h2-5,10-11,15H,6-9H2,1H3. The molecule has 0 aromatic heterocycles. The van der Waals surface area contributed by atoms with Gasteiger partial charge in [-0.3, -0.25) is 0 Å². The van der Waals surface area contributed by atoms with Crippen LogP contribution in [-0.4, -0.2) is 13.1 Å². The molecule has 1 fully saturated rings. The zero-order valence-electron chi connectivity index (χ0n) is 9.17. The maximum atomic E-state index is 13.6. The summed E-state index contributed by atoms with van der Waals surface area (Å²) in [6.45, 7) is 4.29. The number of halogens is 1. The summed E-state index contributed by atoms with van der Waals surface area (Å²) in [5, 5.41) is 3.34. The second kappa shape index (κ2) is 4.75. The molecule has 15 heavy (non-hydrogen) atoms. The Balaban J connectivity index is 2.12. The number of piperidine rings is 1. The minimum Gasteiger partial charge on any atom is -0.317 e. The van der Waals surface area contributed by atoms with Crippen molar-refractivity contribution >= 4 is 0 Å². The van der Waals surface area contributed by atoms with Crippen LogP contribution in [0.2, 0.25) is 0 Å². The van der Waals surface area contributed by atoms with Crippen LogP contribution in [0.4, 0.5) is 4.39 Å². The summed E-state index contributed by atoms with van der Waals surface area (Å²) in [4.78, 5) is 0. The van der Waals surface area contributed by atoms with E-state index in [0.717, 1.165) is 31.5 Å². The molecule has 2 heteroatoms. The third-order valence-electron chi connectivity index (χ3n) is 3.49. The molecule has 1 aromatic carbocycles. The van der Waals surface area contributed by atoms with Crippen LogP contribution < -0.4 is 5.32 Å². The Bertz CT molecular complexity index is 318. The van der Waals surface area contributed by atoms with Crippen LogP contribution in [0.5, 0.6) is 0 Å². The van der Waals surface area contributed by atoms with Crippen LogP contribution >= 0.6 is 0 Å². The van der Waals surface area contributed by atoms with E-state index in [0.29, 0.717) is 11.8 Å². The van der Waals surface area contributed by atoms with Gasteiger partial charge in [-0.05, 0) is 49.4 Å². The molecule has 1 aliphatic heterocycles. The van der Waals surface area contributed by atoms with E-state index >= 15 is 0 Å². The molecule has 0 amide bonds. The summed E-state index contributed by atoms with van der Waals surface area (Å²) >= 11 is 0. The number of nitrogens with one attached hydrogen (secondary N) is 1. The fourth-order valence-corrected chi connectivity index (χ4v) is 2.44. The Hall–Kier alpha value is -0.890. The Morgan fingerprint density at radius 3 is 2.60 bits per heavy atom. The molecule has 82 valence electrons. The Kier molecular flexibility index (Phi) is 3.37. The Morgan fingerprint density at radius 1 is 1.27 bits per heavy atom. The van der Waals surface area contributed by atoms with Gasteiger partial charge in [0, 0.05) is 0 Å². The molecule has 1 saturated heterocycles. The highest BCUT2D eigenvalue weighted by atomic mass is 19.1. The van der Waals surface area contributed by atoms with Crippen molar-refractivity contribution < 1.29 is 4.39 Å². The van der Waals surface area contributed by atoms with Crippen molar-refractivity contribution in [2.24, 2.45) is 5.92 Å². The van der Waals surface area contributed by atoms with Gasteiger partial charge >= 0.3 is 0 Å². The van der Waals surface area contributed by atoms with Gasteiger partial charge in [0.2, 0.25) is 0 Å². The van der Waals surface area contributed by atoms with Crippen LogP contribution in [0.25, 0.3) is 0 Å². The molecule has 1 aliphatic rings. The van der Waals surface area contributed by atoms with Crippen molar-refractivity contribution in [3.63, 3.8) is 0 Å². The van der Waals surface area contributed by atoms with Crippen molar-refractivity contribution in [3.05, 3.63) is 35.6 Å². The summed E-state index contributed by atoms with van der Waals surface area (Å²) in [6, 6.07) is 7.17. The van der Waals surface area contributed by atoms with E-state index in [1.165, 1.54) is 0 Å². The molecule has 0 spiro atoms. The summed E-state index contributed by atoms with van der Waals surface area (Å²) in [7, 11) is 0. The number of rotatable bonds is 2. The first-order valence-corrected chi connectivity index (χ1v) is 5.74. The van der Waals surface area contributed by atoms with E-state index in [1.54, 1.807) is 12.1 Å². The lowest BCUT2D eigenvalue weighted by atomic mass is 9.81. The van der Waals surface area contributed by atoms with Gasteiger partial charge < -0.3 is 5.32 Å². The second-order valence-corrected chi connectivity index (χ2v) is 4.40. The summed E-state index contributed by atoms with van der Waals surface area (Å²) < 4.78 is 13.6. The summed E-state index contributed by atoms with van der Waals surface area (Å²) in [5.41, 5.74) is 0.879. The zero-order chi connectivity index (χ0) is 10.7. The normalized spacial score (nSPS) is 20.1. The monoisotopic (exact) mass is 207 g/mol. The number of benzene rings is 1. The van der Waals surface area contributed by atoms with Gasteiger partial charge in [-0.2, -0.15) is 0 Å². The summed E-state index contributed by atoms with van der Waals surface area (Å²) in [6.07, 6.45) is 2.32. The average molecular weight is 207 g/mol. The maximum absolute atomic E-state index is 13.6. The maximum Gasteiger partial charge on any atom is 0.126 e. The van der Waals surface area contributed by atoms with E-state index in [2.05, 4.69) is 12.2 Å². The quantitative estimate of drug-likeness (QED) is 0.786. The molecule has 0 saturated carbocycles. The minimum atomic E-state index is -0.0523. The van der Waals surface area contributed by atoms with Crippen molar-refractivity contribution in [1.29, 1.82) is 0 Å². The Morgan fingerprint density at radius 2 is 1.93 bits per heavy atom. The van der Waals surface area contributed by atoms with Gasteiger partial charge in [0.1, 0.15) is 5.82 Å². The molecule has 1 aromatic rings. The Labute approximate surface area is 90.7 Å². The van der Waals surface area contributed by atoms with E-state index in [-0.39, 0.29) is 5.82 Å². The highest BCUT2D eigenvalue weighted by molar-refractivity contribution is 5.21. The van der Waals surface area contributed by atoms with Crippen LogP contribution in [0.15, 0.2) is 24.3 Å². The smallest absolute Gasteiger partial charge is 0.126 e. The van der Waals surface area contributed by atoms with Crippen molar-refractivity contribution in [1.82, 2.24) is 5.32 Å². The van der Waals surface area contributed by atoms with Crippen molar-refractivity contribution in [3.8, 4) is 0 Å². The topological polar surface area (TPSA) is 12.0 Å². The lowest BCUT2D eigenvalue weighted by molar-refractivity contribution is 0.325.